The van der Waals surface area contributed by atoms with E-state index >= 15 is 0 Å². The average molecular weight is 561 g/mol. The third-order valence-electron chi connectivity index (χ3n) is 6.23. The summed E-state index contributed by atoms with van der Waals surface area (Å²) in [6.45, 7) is 0.138. The first-order valence-corrected chi connectivity index (χ1v) is 13.2. The van der Waals surface area contributed by atoms with Crippen LogP contribution in [0.4, 0.5) is 4.79 Å². The molecule has 11 heteroatoms. The smallest absolute Gasteiger partial charge is 0.512 e. The fourth-order valence-corrected chi connectivity index (χ4v) is 5.85. The Balaban J connectivity index is 1.32. The molecule has 0 unspecified atom stereocenters. The lowest BCUT2D eigenvalue weighted by Gasteiger charge is -2.17. The van der Waals surface area contributed by atoms with Gasteiger partial charge >= 0.3 is 13.4 Å². The van der Waals surface area contributed by atoms with Crippen molar-refractivity contribution in [1.82, 2.24) is 10.3 Å². The summed E-state index contributed by atoms with van der Waals surface area (Å²) in [7, 11) is -2.06. The minimum absolute atomic E-state index is 0.0132. The first-order valence-electron chi connectivity index (χ1n) is 12.0. The number of halogens is 1. The monoisotopic (exact) mass is 560 g/mol. The number of benzene rings is 3. The van der Waals surface area contributed by atoms with Crippen LogP contribution in [0.5, 0.6) is 5.75 Å². The van der Waals surface area contributed by atoms with E-state index in [1.54, 1.807) is 18.3 Å². The van der Waals surface area contributed by atoms with Gasteiger partial charge in [-0.05, 0) is 52.1 Å². The van der Waals surface area contributed by atoms with Crippen LogP contribution in [-0.4, -0.2) is 41.3 Å². The van der Waals surface area contributed by atoms with E-state index in [1.807, 2.05) is 36.4 Å². The minimum Gasteiger partial charge on any atom is -0.512 e. The predicted octanol–water partition coefficient (Wildman–Crippen LogP) is 5.09. The molecule has 0 saturated heterocycles. The number of hydrogen-bond donors (Lipinski definition) is 3. The van der Waals surface area contributed by atoms with Gasteiger partial charge in [0, 0.05) is 29.1 Å². The van der Waals surface area contributed by atoms with Gasteiger partial charge in [0.05, 0.1) is 5.02 Å². The summed E-state index contributed by atoms with van der Waals surface area (Å²) in [5.74, 6) is -0.00211. The number of nitrogens with zero attached hydrogens (tertiary/aromatic N) is 1. The first kappa shape index (κ1) is 26.8. The van der Waals surface area contributed by atoms with E-state index in [2.05, 4.69) is 22.4 Å². The van der Waals surface area contributed by atoms with Crippen molar-refractivity contribution in [1.29, 1.82) is 0 Å². The van der Waals surface area contributed by atoms with Crippen LogP contribution < -0.4 is 9.97 Å². The molecule has 0 fully saturated rings. The van der Waals surface area contributed by atoms with Crippen LogP contribution in [0.1, 0.15) is 33.0 Å². The van der Waals surface area contributed by atoms with Crippen molar-refractivity contribution in [3.05, 3.63) is 106 Å². The van der Waals surface area contributed by atoms with E-state index in [0.29, 0.717) is 27.3 Å². The predicted molar refractivity (Wildman–Crippen MR) is 148 cm³/mol. The molecule has 1 heterocycles. The first-order chi connectivity index (χ1) is 18.9. The Morgan fingerprint density at radius 3 is 2.41 bits per heavy atom. The van der Waals surface area contributed by atoms with Crippen LogP contribution in [0, 0.1) is 0 Å². The third-order valence-corrected chi connectivity index (χ3v) is 7.86. The molecule has 8 nitrogen and oxygen atoms in total. The normalized spacial score (nSPS) is 11.9. The summed E-state index contributed by atoms with van der Waals surface area (Å²) in [6, 6.07) is 22.3. The number of carbonyl (C=O) groups is 2. The number of amides is 1. The summed E-state index contributed by atoms with van der Waals surface area (Å²) in [4.78, 5) is 29.0. The summed E-state index contributed by atoms with van der Waals surface area (Å²) in [5, 5.41) is 21.8. The van der Waals surface area contributed by atoms with Crippen LogP contribution in [0.15, 0.2) is 88.9 Å². The molecular weight excluding hydrogens is 539 g/mol. The molecule has 39 heavy (non-hydrogen) atoms. The summed E-state index contributed by atoms with van der Waals surface area (Å²) >= 11 is 7.64. The highest BCUT2D eigenvalue weighted by molar-refractivity contribution is 7.99. The van der Waals surface area contributed by atoms with E-state index in [-0.39, 0.29) is 29.8 Å². The second kappa shape index (κ2) is 11.9. The van der Waals surface area contributed by atoms with Gasteiger partial charge in [-0.3, -0.25) is 4.79 Å². The summed E-state index contributed by atoms with van der Waals surface area (Å²) in [6.07, 6.45) is 1.61. The fraction of sp³-hybridized carbons (Fsp3) is 0.107. The molecule has 0 spiro atoms. The molecule has 3 N–H and O–H groups in total. The van der Waals surface area contributed by atoms with Gasteiger partial charge in [-0.25, -0.2) is 9.78 Å². The molecule has 196 valence electrons. The molecule has 3 aromatic carbocycles. The number of aromatic nitrogens is 1. The van der Waals surface area contributed by atoms with E-state index in [9.17, 15) is 19.6 Å². The number of alkyl carbamates (subject to hydrolysis) is 1. The maximum Gasteiger partial charge on any atom is 0.707 e. The molecule has 1 aliphatic carbocycles. The highest BCUT2D eigenvalue weighted by Crippen LogP contribution is 2.44. The van der Waals surface area contributed by atoms with Crippen molar-refractivity contribution in [2.24, 2.45) is 0 Å². The maximum absolute atomic E-state index is 12.8. The zero-order valence-electron chi connectivity index (χ0n) is 20.4. The lowest BCUT2D eigenvalue weighted by atomic mass is 9.98. The highest BCUT2D eigenvalue weighted by Gasteiger charge is 2.29. The molecule has 0 atom stereocenters. The number of aldehydes is 1. The minimum atomic E-state index is -2.06. The SMILES string of the molecule is O=Cc1cccnc1Sc1c(Cl)cc(OB(O)O)cc1CNC(=O)OCC1c2ccccc2-c2ccccc21. The van der Waals surface area contributed by atoms with Gasteiger partial charge in [-0.2, -0.15) is 0 Å². The van der Waals surface area contributed by atoms with E-state index in [0.717, 1.165) is 34.0 Å². The molecule has 1 amide bonds. The standard InChI is InChI=1S/C28H22BClN2O6S/c30-25-13-19(38-29(35)36)12-18(26(25)39-27-17(15-33)6-5-11-31-27)14-32-28(34)37-16-24-22-9-3-1-7-20(22)21-8-2-4-10-23(21)24/h1-13,15,24,35-36H,14,16H2,(H,32,34). The molecule has 0 aliphatic heterocycles. The molecule has 4 aromatic rings. The van der Waals surface area contributed by atoms with Crippen molar-refractivity contribution < 1.29 is 29.0 Å². The van der Waals surface area contributed by atoms with E-state index < -0.39 is 13.4 Å². The number of fused-ring (bicyclic) bond motifs is 3. The molecule has 0 saturated carbocycles. The van der Waals surface area contributed by atoms with Gasteiger partial charge in [-0.15, -0.1) is 0 Å². The molecular formula is C28H22BClN2O6S. The maximum atomic E-state index is 12.8. The Morgan fingerprint density at radius 2 is 1.74 bits per heavy atom. The second-order valence-corrected chi connectivity index (χ2v) is 10.0. The Morgan fingerprint density at radius 1 is 1.05 bits per heavy atom. The van der Waals surface area contributed by atoms with Crippen molar-refractivity contribution in [3.63, 3.8) is 0 Å². The molecule has 1 aliphatic rings. The molecule has 0 bridgehead atoms. The molecule has 0 radical (unpaired) electrons. The van der Waals surface area contributed by atoms with Gasteiger partial charge in [0.25, 0.3) is 0 Å². The number of hydrogen-bond acceptors (Lipinski definition) is 8. The third kappa shape index (κ3) is 5.94. The van der Waals surface area contributed by atoms with Crippen molar-refractivity contribution in [2.75, 3.05) is 6.61 Å². The van der Waals surface area contributed by atoms with Crippen molar-refractivity contribution in [3.8, 4) is 16.9 Å². The number of ether oxygens (including phenoxy) is 1. The number of pyridine rings is 1. The second-order valence-electron chi connectivity index (χ2n) is 8.63. The van der Waals surface area contributed by atoms with Crippen LogP contribution >= 0.6 is 23.4 Å². The molecule has 1 aromatic heterocycles. The van der Waals surface area contributed by atoms with E-state index in [1.165, 1.54) is 12.1 Å². The zero-order valence-corrected chi connectivity index (χ0v) is 22.0. The quantitative estimate of drug-likeness (QED) is 0.191. The summed E-state index contributed by atoms with van der Waals surface area (Å²) in [5.41, 5.74) is 5.34. The zero-order chi connectivity index (χ0) is 27.4. The number of nitrogens with one attached hydrogen (secondary N) is 1. The van der Waals surface area contributed by atoms with Crippen LogP contribution in [0.2, 0.25) is 5.02 Å². The Bertz CT molecular complexity index is 1490. The van der Waals surface area contributed by atoms with Crippen LogP contribution in [0.3, 0.4) is 0 Å². The number of rotatable bonds is 9. The Labute approximate surface area is 234 Å². The largest absolute Gasteiger partial charge is 0.707 e. The Hall–Kier alpha value is -3.83. The average Bonchev–Trinajstić information content (AvgIpc) is 3.26. The summed E-state index contributed by atoms with van der Waals surface area (Å²) < 4.78 is 10.6. The van der Waals surface area contributed by atoms with Gasteiger partial charge in [0.1, 0.15) is 17.4 Å². The Kier molecular flexibility index (Phi) is 8.18. The lowest BCUT2D eigenvalue weighted by molar-refractivity contribution is 0.112. The van der Waals surface area contributed by atoms with Gasteiger partial charge in [0.15, 0.2) is 6.29 Å². The van der Waals surface area contributed by atoms with Crippen LogP contribution in [-0.2, 0) is 11.3 Å². The number of carbonyl (C=O) groups excluding carboxylic acids is 2. The topological polar surface area (TPSA) is 118 Å². The van der Waals surface area contributed by atoms with Gasteiger partial charge in [-0.1, -0.05) is 71.9 Å². The van der Waals surface area contributed by atoms with E-state index in [4.69, 9.17) is 21.0 Å². The van der Waals surface area contributed by atoms with Crippen LogP contribution in [0.25, 0.3) is 11.1 Å². The van der Waals surface area contributed by atoms with Gasteiger partial charge < -0.3 is 24.8 Å². The lowest BCUT2D eigenvalue weighted by Crippen LogP contribution is -2.26. The fourth-order valence-electron chi connectivity index (χ4n) is 4.55. The molecule has 5 rings (SSSR count). The van der Waals surface area contributed by atoms with Crippen molar-refractivity contribution in [2.45, 2.75) is 22.4 Å². The highest BCUT2D eigenvalue weighted by atomic mass is 35.5. The van der Waals surface area contributed by atoms with Gasteiger partial charge in [0.2, 0.25) is 0 Å². The van der Waals surface area contributed by atoms with Crippen molar-refractivity contribution >= 4 is 43.1 Å².